The fraction of sp³-hybridized carbons (Fsp3) is 1.00. The van der Waals surface area contributed by atoms with Gasteiger partial charge in [-0.05, 0) is 37.5 Å². The van der Waals surface area contributed by atoms with Crippen LogP contribution in [0, 0.1) is 11.3 Å². The van der Waals surface area contributed by atoms with E-state index in [0.29, 0.717) is 5.92 Å². The van der Waals surface area contributed by atoms with Gasteiger partial charge in [-0.3, -0.25) is 0 Å². The van der Waals surface area contributed by atoms with Gasteiger partial charge in [-0.25, -0.2) is 4.39 Å². The standard InChI is InChI=1S/C10H19F/c1-8-5-9(2,3)7-10(4,11)6-8/h8H,5-7H2,1-4H3. The van der Waals surface area contributed by atoms with E-state index in [1.807, 2.05) is 0 Å². The van der Waals surface area contributed by atoms with E-state index in [1.165, 1.54) is 6.42 Å². The highest BCUT2D eigenvalue weighted by Gasteiger charge is 2.39. The van der Waals surface area contributed by atoms with Crippen LogP contribution in [0.15, 0.2) is 0 Å². The lowest BCUT2D eigenvalue weighted by Gasteiger charge is -2.41. The zero-order chi connectivity index (χ0) is 8.70. The molecule has 0 bridgehead atoms. The molecule has 11 heavy (non-hydrogen) atoms. The van der Waals surface area contributed by atoms with Crippen molar-refractivity contribution in [2.75, 3.05) is 0 Å². The maximum Gasteiger partial charge on any atom is 0.109 e. The maximum atomic E-state index is 13.6. The summed E-state index contributed by atoms with van der Waals surface area (Å²) in [5.41, 5.74) is -0.706. The molecular weight excluding hydrogens is 139 g/mol. The molecule has 2 atom stereocenters. The first-order chi connectivity index (χ1) is 4.81. The third kappa shape index (κ3) is 2.46. The summed E-state index contributed by atoms with van der Waals surface area (Å²) in [6, 6.07) is 0. The number of hydrogen-bond donors (Lipinski definition) is 0. The van der Waals surface area contributed by atoms with E-state index < -0.39 is 5.67 Å². The fourth-order valence-corrected chi connectivity index (χ4v) is 2.88. The summed E-state index contributed by atoms with van der Waals surface area (Å²) in [4.78, 5) is 0. The molecule has 0 spiro atoms. The van der Waals surface area contributed by atoms with Gasteiger partial charge in [-0.15, -0.1) is 0 Å². The molecule has 2 unspecified atom stereocenters. The highest BCUT2D eigenvalue weighted by atomic mass is 19.1. The molecule has 1 aliphatic carbocycles. The summed E-state index contributed by atoms with van der Waals surface area (Å²) in [5, 5.41) is 0. The van der Waals surface area contributed by atoms with Gasteiger partial charge >= 0.3 is 0 Å². The van der Waals surface area contributed by atoms with Crippen LogP contribution in [0.5, 0.6) is 0 Å². The molecule has 0 aromatic rings. The van der Waals surface area contributed by atoms with Gasteiger partial charge in [-0.2, -0.15) is 0 Å². The van der Waals surface area contributed by atoms with Crippen LogP contribution >= 0.6 is 0 Å². The minimum absolute atomic E-state index is 0.209. The van der Waals surface area contributed by atoms with Crippen LogP contribution in [0.3, 0.4) is 0 Å². The van der Waals surface area contributed by atoms with Gasteiger partial charge in [0.05, 0.1) is 0 Å². The van der Waals surface area contributed by atoms with Crippen LogP contribution < -0.4 is 0 Å². The predicted molar refractivity (Wildman–Crippen MR) is 46.3 cm³/mol. The molecule has 0 aliphatic heterocycles. The van der Waals surface area contributed by atoms with E-state index in [2.05, 4.69) is 20.8 Å². The summed E-state index contributed by atoms with van der Waals surface area (Å²) in [5.74, 6) is 0.550. The Morgan fingerprint density at radius 2 is 1.73 bits per heavy atom. The Bertz CT molecular complexity index is 131. The highest BCUT2D eigenvalue weighted by Crippen LogP contribution is 2.45. The Balaban J connectivity index is 2.66. The molecule has 1 saturated carbocycles. The average molecular weight is 158 g/mol. The maximum absolute atomic E-state index is 13.6. The Hall–Kier alpha value is -0.0700. The molecular formula is C10H19F. The molecule has 66 valence electrons. The van der Waals surface area contributed by atoms with Crippen molar-refractivity contribution in [1.82, 2.24) is 0 Å². The lowest BCUT2D eigenvalue weighted by Crippen LogP contribution is -2.36. The largest absolute Gasteiger partial charge is 0.244 e. The normalized spacial score (nSPS) is 43.9. The Morgan fingerprint density at radius 3 is 2.09 bits per heavy atom. The Kier molecular flexibility index (Phi) is 2.02. The second kappa shape index (κ2) is 2.46. The number of rotatable bonds is 0. The molecule has 1 rings (SSSR count). The van der Waals surface area contributed by atoms with E-state index in [0.717, 1.165) is 12.8 Å². The lowest BCUT2D eigenvalue weighted by molar-refractivity contribution is 0.0255. The molecule has 0 heterocycles. The van der Waals surface area contributed by atoms with Gasteiger partial charge < -0.3 is 0 Å². The van der Waals surface area contributed by atoms with Crippen molar-refractivity contribution in [3.8, 4) is 0 Å². The van der Waals surface area contributed by atoms with Crippen LogP contribution in [0.4, 0.5) is 4.39 Å². The van der Waals surface area contributed by atoms with Gasteiger partial charge in [0.2, 0.25) is 0 Å². The average Bonchev–Trinajstić information content (AvgIpc) is 1.49. The molecule has 0 N–H and O–H groups in total. The van der Waals surface area contributed by atoms with Crippen LogP contribution in [-0.4, -0.2) is 5.67 Å². The summed E-state index contributed by atoms with van der Waals surface area (Å²) in [7, 11) is 0. The minimum atomic E-state index is -0.916. The second-order valence-electron chi connectivity index (χ2n) is 5.27. The van der Waals surface area contributed by atoms with Crippen molar-refractivity contribution < 1.29 is 4.39 Å². The first-order valence-corrected chi connectivity index (χ1v) is 4.50. The second-order valence-corrected chi connectivity index (χ2v) is 5.27. The first-order valence-electron chi connectivity index (χ1n) is 4.50. The highest BCUT2D eigenvalue weighted by molar-refractivity contribution is 4.90. The van der Waals surface area contributed by atoms with E-state index >= 15 is 0 Å². The molecule has 1 aliphatic rings. The molecule has 0 aromatic heterocycles. The van der Waals surface area contributed by atoms with Crippen molar-refractivity contribution in [3.63, 3.8) is 0 Å². The van der Waals surface area contributed by atoms with Crippen molar-refractivity contribution in [1.29, 1.82) is 0 Å². The molecule has 0 nitrogen and oxygen atoms in total. The lowest BCUT2D eigenvalue weighted by atomic mass is 9.67. The SMILES string of the molecule is CC1CC(C)(C)CC(C)(F)C1. The molecule has 0 aromatic carbocycles. The van der Waals surface area contributed by atoms with Gasteiger partial charge in [0.25, 0.3) is 0 Å². The van der Waals surface area contributed by atoms with Gasteiger partial charge in [0.1, 0.15) is 5.67 Å². The van der Waals surface area contributed by atoms with Gasteiger partial charge in [0, 0.05) is 0 Å². The first kappa shape index (κ1) is 9.02. The fourth-order valence-electron chi connectivity index (χ4n) is 2.88. The van der Waals surface area contributed by atoms with Gasteiger partial charge in [-0.1, -0.05) is 20.8 Å². The van der Waals surface area contributed by atoms with E-state index in [1.54, 1.807) is 6.92 Å². The molecule has 1 heteroatoms. The topological polar surface area (TPSA) is 0 Å². The smallest absolute Gasteiger partial charge is 0.109 e. The molecule has 0 amide bonds. The van der Waals surface area contributed by atoms with Crippen molar-refractivity contribution >= 4 is 0 Å². The molecule has 0 saturated heterocycles. The van der Waals surface area contributed by atoms with E-state index in [4.69, 9.17) is 0 Å². The van der Waals surface area contributed by atoms with Crippen molar-refractivity contribution in [3.05, 3.63) is 0 Å². The summed E-state index contributed by atoms with van der Waals surface area (Å²) in [6.07, 6.45) is 2.65. The van der Waals surface area contributed by atoms with Crippen LogP contribution in [0.2, 0.25) is 0 Å². The molecule has 0 radical (unpaired) electrons. The summed E-state index contributed by atoms with van der Waals surface area (Å²) < 4.78 is 13.6. The summed E-state index contributed by atoms with van der Waals surface area (Å²) >= 11 is 0. The van der Waals surface area contributed by atoms with Crippen molar-refractivity contribution in [2.45, 2.75) is 52.6 Å². The van der Waals surface area contributed by atoms with E-state index in [9.17, 15) is 4.39 Å². The van der Waals surface area contributed by atoms with E-state index in [-0.39, 0.29) is 5.41 Å². The molecule has 1 fully saturated rings. The zero-order valence-electron chi connectivity index (χ0n) is 8.08. The monoisotopic (exact) mass is 158 g/mol. The predicted octanol–water partition coefficient (Wildman–Crippen LogP) is 3.56. The number of alkyl halides is 1. The van der Waals surface area contributed by atoms with Crippen LogP contribution in [0.1, 0.15) is 47.0 Å². The zero-order valence-corrected chi connectivity index (χ0v) is 8.08. The van der Waals surface area contributed by atoms with Crippen LogP contribution in [0.25, 0.3) is 0 Å². The number of halogens is 1. The Labute approximate surface area is 69.2 Å². The van der Waals surface area contributed by atoms with Crippen LogP contribution in [-0.2, 0) is 0 Å². The third-order valence-electron chi connectivity index (χ3n) is 2.52. The minimum Gasteiger partial charge on any atom is -0.244 e. The number of hydrogen-bond acceptors (Lipinski definition) is 0. The summed E-state index contributed by atoms with van der Waals surface area (Å²) in [6.45, 7) is 8.23. The van der Waals surface area contributed by atoms with Crippen molar-refractivity contribution in [2.24, 2.45) is 11.3 Å². The van der Waals surface area contributed by atoms with Gasteiger partial charge in [0.15, 0.2) is 0 Å². The quantitative estimate of drug-likeness (QED) is 0.505. The Morgan fingerprint density at radius 1 is 1.18 bits per heavy atom. The third-order valence-corrected chi connectivity index (χ3v) is 2.52.